The Labute approximate surface area is 123 Å². The van der Waals surface area contributed by atoms with Gasteiger partial charge < -0.3 is 10.3 Å². The number of benzene rings is 1. The first-order valence-corrected chi connectivity index (χ1v) is 6.29. The number of H-pyrrole nitrogens is 1. The maximum Gasteiger partial charge on any atom is 0.286 e. The van der Waals surface area contributed by atoms with E-state index in [0.717, 1.165) is 12.3 Å². The Bertz CT molecular complexity index is 801. The highest BCUT2D eigenvalue weighted by atomic mass is 19.1. The number of aryl methyl sites for hydroxylation is 1. The second kappa shape index (κ2) is 6.17. The molecule has 114 valence electrons. The number of nitrogens with one attached hydrogen (secondary N) is 2. The Hall–Kier alpha value is -3.03. The molecule has 1 heterocycles. The summed E-state index contributed by atoms with van der Waals surface area (Å²) in [6.45, 7) is 1.66. The number of pyridine rings is 1. The van der Waals surface area contributed by atoms with Crippen LogP contribution in [0.4, 0.5) is 10.1 Å². The van der Waals surface area contributed by atoms with Gasteiger partial charge in [0.25, 0.3) is 17.2 Å². The van der Waals surface area contributed by atoms with Gasteiger partial charge in [-0.05, 0) is 24.1 Å². The molecule has 0 fully saturated rings. The first-order chi connectivity index (χ1) is 10.4. The molecule has 0 radical (unpaired) electrons. The molecule has 0 spiro atoms. The molecule has 1 aromatic heterocycles. The van der Waals surface area contributed by atoms with Crippen molar-refractivity contribution in [1.82, 2.24) is 10.3 Å². The van der Waals surface area contributed by atoms with Gasteiger partial charge in [-0.3, -0.25) is 19.7 Å². The summed E-state index contributed by atoms with van der Waals surface area (Å²) < 4.78 is 13.1. The number of amides is 1. The molecule has 2 N–H and O–H groups in total. The molecule has 8 heteroatoms. The normalized spacial score (nSPS) is 10.3. The first kappa shape index (κ1) is 15.4. The number of aromatic amines is 1. The summed E-state index contributed by atoms with van der Waals surface area (Å²) in [5, 5.41) is 13.1. The van der Waals surface area contributed by atoms with Gasteiger partial charge in [0.1, 0.15) is 11.4 Å². The summed E-state index contributed by atoms with van der Waals surface area (Å²) in [6, 6.07) is 5.24. The van der Waals surface area contributed by atoms with E-state index in [-0.39, 0.29) is 23.6 Å². The van der Waals surface area contributed by atoms with Crippen molar-refractivity contribution in [2.45, 2.75) is 13.5 Å². The van der Waals surface area contributed by atoms with Crippen molar-refractivity contribution < 1.29 is 14.1 Å². The van der Waals surface area contributed by atoms with Crippen LogP contribution in [-0.2, 0) is 6.54 Å². The number of hydrogen-bond acceptors (Lipinski definition) is 4. The molecule has 2 rings (SSSR count). The predicted octanol–water partition coefficient (Wildman–Crippen LogP) is 1.66. The smallest absolute Gasteiger partial charge is 0.286 e. The lowest BCUT2D eigenvalue weighted by atomic mass is 10.1. The lowest BCUT2D eigenvalue weighted by molar-refractivity contribution is -0.385. The maximum absolute atomic E-state index is 13.1. The topological polar surface area (TPSA) is 105 Å². The quantitative estimate of drug-likeness (QED) is 0.662. The Morgan fingerprint density at radius 2 is 2.14 bits per heavy atom. The highest BCUT2D eigenvalue weighted by Crippen LogP contribution is 2.10. The molecule has 0 aliphatic heterocycles. The first-order valence-electron chi connectivity index (χ1n) is 6.29. The van der Waals surface area contributed by atoms with Crippen LogP contribution in [0.15, 0.2) is 35.3 Å². The summed E-state index contributed by atoms with van der Waals surface area (Å²) in [5.41, 5.74) is -0.386. The van der Waals surface area contributed by atoms with Crippen molar-refractivity contribution in [3.05, 3.63) is 73.4 Å². The summed E-state index contributed by atoms with van der Waals surface area (Å²) in [4.78, 5) is 35.6. The van der Waals surface area contributed by atoms with Crippen molar-refractivity contribution in [1.29, 1.82) is 0 Å². The molecule has 1 aromatic carbocycles. The third-order valence-electron chi connectivity index (χ3n) is 3.02. The third kappa shape index (κ3) is 3.35. The van der Waals surface area contributed by atoms with Crippen LogP contribution in [-0.4, -0.2) is 15.8 Å². The van der Waals surface area contributed by atoms with E-state index in [9.17, 15) is 24.1 Å². The highest BCUT2D eigenvalue weighted by Gasteiger charge is 2.15. The molecule has 0 saturated carbocycles. The number of rotatable bonds is 4. The molecule has 0 bridgehead atoms. The fraction of sp³-hybridized carbons (Fsp3) is 0.143. The largest absolute Gasteiger partial charge is 0.348 e. The van der Waals surface area contributed by atoms with Gasteiger partial charge in [0.2, 0.25) is 0 Å². The zero-order chi connectivity index (χ0) is 16.3. The van der Waals surface area contributed by atoms with E-state index in [0.29, 0.717) is 11.1 Å². The van der Waals surface area contributed by atoms with Crippen LogP contribution in [0.25, 0.3) is 0 Å². The number of nitrogens with zero attached hydrogens (tertiary/aromatic N) is 1. The molecular weight excluding hydrogens is 293 g/mol. The van der Waals surface area contributed by atoms with Crippen LogP contribution in [0.5, 0.6) is 0 Å². The summed E-state index contributed by atoms with van der Waals surface area (Å²) in [7, 11) is 0. The molecule has 0 aliphatic rings. The van der Waals surface area contributed by atoms with E-state index in [1.165, 1.54) is 12.1 Å². The van der Waals surface area contributed by atoms with E-state index in [1.807, 2.05) is 0 Å². The standard InChI is InChI=1S/C14H12FN3O4/c1-8-4-9(2-3-12(8)15)6-16-13(19)11-5-10(18(21)22)7-17-14(11)20/h2-5,7H,6H2,1H3,(H,16,19)(H,17,20). The average molecular weight is 305 g/mol. The van der Waals surface area contributed by atoms with E-state index in [2.05, 4.69) is 10.3 Å². The molecule has 1 amide bonds. The lowest BCUT2D eigenvalue weighted by Gasteiger charge is -2.06. The van der Waals surface area contributed by atoms with E-state index in [1.54, 1.807) is 13.0 Å². The van der Waals surface area contributed by atoms with Gasteiger partial charge in [-0.15, -0.1) is 0 Å². The van der Waals surface area contributed by atoms with Gasteiger partial charge >= 0.3 is 0 Å². The van der Waals surface area contributed by atoms with E-state index < -0.39 is 16.4 Å². The van der Waals surface area contributed by atoms with Gasteiger partial charge in [0, 0.05) is 12.6 Å². The summed E-state index contributed by atoms with van der Waals surface area (Å²) in [5.74, 6) is -1.10. The van der Waals surface area contributed by atoms with Crippen LogP contribution in [0.1, 0.15) is 21.5 Å². The van der Waals surface area contributed by atoms with Gasteiger partial charge in [0.15, 0.2) is 0 Å². The fourth-order valence-corrected chi connectivity index (χ4v) is 1.84. The van der Waals surface area contributed by atoms with Crippen LogP contribution in [0.2, 0.25) is 0 Å². The Kier molecular flexibility index (Phi) is 4.31. The van der Waals surface area contributed by atoms with Crippen LogP contribution < -0.4 is 10.9 Å². The average Bonchev–Trinajstić information content (AvgIpc) is 2.48. The Balaban J connectivity index is 2.15. The van der Waals surface area contributed by atoms with E-state index >= 15 is 0 Å². The summed E-state index contributed by atoms with van der Waals surface area (Å²) >= 11 is 0. The second-order valence-corrected chi connectivity index (χ2v) is 4.62. The summed E-state index contributed by atoms with van der Waals surface area (Å²) in [6.07, 6.45) is 0.919. The van der Waals surface area contributed by atoms with Gasteiger partial charge in [-0.25, -0.2) is 4.39 Å². The minimum absolute atomic E-state index is 0.0715. The number of aromatic nitrogens is 1. The zero-order valence-electron chi connectivity index (χ0n) is 11.6. The molecule has 0 aliphatic carbocycles. The second-order valence-electron chi connectivity index (χ2n) is 4.62. The Morgan fingerprint density at radius 1 is 1.41 bits per heavy atom. The number of hydrogen-bond donors (Lipinski definition) is 2. The predicted molar refractivity (Wildman–Crippen MR) is 76.0 cm³/mol. The Morgan fingerprint density at radius 3 is 2.77 bits per heavy atom. The molecule has 0 unspecified atom stereocenters. The minimum Gasteiger partial charge on any atom is -0.348 e. The monoisotopic (exact) mass is 305 g/mol. The van der Waals surface area contributed by atoms with Crippen LogP contribution >= 0.6 is 0 Å². The van der Waals surface area contributed by atoms with Crippen molar-refractivity contribution in [2.75, 3.05) is 0 Å². The highest BCUT2D eigenvalue weighted by molar-refractivity contribution is 5.94. The van der Waals surface area contributed by atoms with Crippen LogP contribution in [0.3, 0.4) is 0 Å². The van der Waals surface area contributed by atoms with Crippen molar-refractivity contribution >= 4 is 11.6 Å². The molecular formula is C14H12FN3O4. The van der Waals surface area contributed by atoms with Crippen molar-refractivity contribution in [3.63, 3.8) is 0 Å². The number of nitro groups is 1. The number of carbonyl (C=O) groups is 1. The molecule has 2 aromatic rings. The maximum atomic E-state index is 13.1. The molecule has 0 saturated heterocycles. The lowest BCUT2D eigenvalue weighted by Crippen LogP contribution is -2.29. The van der Waals surface area contributed by atoms with Crippen LogP contribution in [0, 0.1) is 22.9 Å². The van der Waals surface area contributed by atoms with Crippen molar-refractivity contribution in [2.24, 2.45) is 0 Å². The number of halogens is 1. The van der Waals surface area contributed by atoms with Gasteiger partial charge in [0.05, 0.1) is 11.1 Å². The minimum atomic E-state index is -0.744. The van der Waals surface area contributed by atoms with E-state index in [4.69, 9.17) is 0 Å². The zero-order valence-corrected chi connectivity index (χ0v) is 11.6. The van der Waals surface area contributed by atoms with Gasteiger partial charge in [-0.2, -0.15) is 0 Å². The fourth-order valence-electron chi connectivity index (χ4n) is 1.84. The third-order valence-corrected chi connectivity index (χ3v) is 3.02. The molecule has 7 nitrogen and oxygen atoms in total. The number of carbonyl (C=O) groups excluding carboxylic acids is 1. The van der Waals surface area contributed by atoms with Crippen molar-refractivity contribution in [3.8, 4) is 0 Å². The molecule has 22 heavy (non-hydrogen) atoms. The molecule has 0 atom stereocenters. The SMILES string of the molecule is Cc1cc(CNC(=O)c2cc([N+](=O)[O-])c[nH]c2=O)ccc1F. The van der Waals surface area contributed by atoms with Gasteiger partial charge in [-0.1, -0.05) is 12.1 Å².